The fraction of sp³-hybridized carbons (Fsp3) is 0.444. The molecule has 2 N–H and O–H groups in total. The van der Waals surface area contributed by atoms with Crippen molar-refractivity contribution in [3.63, 3.8) is 0 Å². The molecule has 2 aromatic heterocycles. The van der Waals surface area contributed by atoms with Gasteiger partial charge in [0, 0.05) is 6.42 Å². The predicted molar refractivity (Wildman–Crippen MR) is 71.3 cm³/mol. The van der Waals surface area contributed by atoms with Crippen molar-refractivity contribution < 1.29 is 9.26 Å². The third-order valence-electron chi connectivity index (χ3n) is 2.84. The van der Waals surface area contributed by atoms with Crippen LogP contribution in [-0.2, 0) is 9.26 Å². The van der Waals surface area contributed by atoms with E-state index >= 15 is 0 Å². The summed E-state index contributed by atoms with van der Waals surface area (Å²) in [7, 11) is 0.125. The lowest BCUT2D eigenvalue weighted by atomic mass is 10.3. The normalized spacial score (nSPS) is 24.5. The van der Waals surface area contributed by atoms with Crippen LogP contribution < -0.4 is 5.73 Å². The highest BCUT2D eigenvalue weighted by atomic mass is 32.7. The Morgan fingerprint density at radius 3 is 3.17 bits per heavy atom. The number of ether oxygens (including phenoxy) is 1. The highest BCUT2D eigenvalue weighted by Crippen LogP contribution is 2.34. The number of hydrogen-bond acceptors (Lipinski definition) is 7. The molecule has 0 spiro atoms. The van der Waals surface area contributed by atoms with Gasteiger partial charge in [-0.15, -0.1) is 12.2 Å². The summed E-state index contributed by atoms with van der Waals surface area (Å²) in [6, 6.07) is 0. The summed E-state index contributed by atoms with van der Waals surface area (Å²) in [5, 5.41) is 0. The van der Waals surface area contributed by atoms with Crippen molar-refractivity contribution in [3.05, 3.63) is 12.7 Å². The van der Waals surface area contributed by atoms with E-state index in [1.807, 2.05) is 4.57 Å². The molecule has 1 saturated heterocycles. The SMILES string of the molecule is Nc1ncnc2c1ncn2[C@H]1CCC(OPS)O1. The highest BCUT2D eigenvalue weighted by molar-refractivity contribution is 8.36. The first-order valence-electron chi connectivity index (χ1n) is 5.43. The number of aromatic nitrogens is 4. The van der Waals surface area contributed by atoms with Crippen molar-refractivity contribution in [2.24, 2.45) is 0 Å². The second kappa shape index (κ2) is 4.97. The molecule has 1 aliphatic rings. The Morgan fingerprint density at radius 2 is 2.33 bits per heavy atom. The van der Waals surface area contributed by atoms with Gasteiger partial charge in [-0.25, -0.2) is 15.0 Å². The van der Waals surface area contributed by atoms with Gasteiger partial charge in [0.15, 0.2) is 17.8 Å². The summed E-state index contributed by atoms with van der Waals surface area (Å²) in [6.45, 7) is 0. The van der Waals surface area contributed by atoms with Crippen LogP contribution in [0, 0.1) is 0 Å². The van der Waals surface area contributed by atoms with Gasteiger partial charge >= 0.3 is 0 Å². The molecule has 1 fully saturated rings. The van der Waals surface area contributed by atoms with E-state index in [0.29, 0.717) is 17.0 Å². The standard InChI is InChI=1S/C9H12N5O2PS/c10-8-7-9(12-3-11-8)14(4-13-7)5-1-2-6(15-5)16-17-18/h3-6,17-18H,1-2H2,(H2,10,11,12)/t5-,6?/m1/s1. The van der Waals surface area contributed by atoms with Crippen LogP contribution >= 0.6 is 20.3 Å². The number of fused-ring (bicyclic) bond motifs is 1. The Balaban J connectivity index is 1.89. The van der Waals surface area contributed by atoms with Crippen LogP contribution in [0.1, 0.15) is 19.1 Å². The van der Waals surface area contributed by atoms with Gasteiger partial charge in [0.05, 0.1) is 14.3 Å². The van der Waals surface area contributed by atoms with Gasteiger partial charge in [0.25, 0.3) is 0 Å². The Morgan fingerprint density at radius 1 is 1.44 bits per heavy atom. The van der Waals surface area contributed by atoms with Crippen molar-refractivity contribution >= 4 is 37.2 Å². The first-order valence-corrected chi connectivity index (χ1v) is 7.62. The van der Waals surface area contributed by atoms with Crippen LogP contribution in [0.2, 0.25) is 0 Å². The average Bonchev–Trinajstić information content (AvgIpc) is 2.96. The first-order chi connectivity index (χ1) is 8.79. The molecule has 96 valence electrons. The molecule has 0 radical (unpaired) electrons. The summed E-state index contributed by atoms with van der Waals surface area (Å²) in [6.07, 6.45) is 4.44. The van der Waals surface area contributed by atoms with Gasteiger partial charge in [-0.2, -0.15) is 0 Å². The lowest BCUT2D eigenvalue weighted by molar-refractivity contribution is -0.0879. The first kappa shape index (κ1) is 12.1. The van der Waals surface area contributed by atoms with E-state index in [9.17, 15) is 0 Å². The summed E-state index contributed by atoms with van der Waals surface area (Å²) in [5.41, 5.74) is 7.02. The maximum atomic E-state index is 5.75. The van der Waals surface area contributed by atoms with Gasteiger partial charge in [0.2, 0.25) is 0 Å². The molecule has 2 unspecified atom stereocenters. The van der Waals surface area contributed by atoms with E-state index in [4.69, 9.17) is 15.0 Å². The Kier molecular flexibility index (Phi) is 3.34. The van der Waals surface area contributed by atoms with E-state index in [0.717, 1.165) is 12.8 Å². The average molecular weight is 285 g/mol. The fourth-order valence-electron chi connectivity index (χ4n) is 2.02. The molecule has 1 aliphatic heterocycles. The van der Waals surface area contributed by atoms with E-state index < -0.39 is 0 Å². The number of nitrogens with two attached hydrogens (primary N) is 1. The van der Waals surface area contributed by atoms with Gasteiger partial charge in [0.1, 0.15) is 18.1 Å². The zero-order valence-electron chi connectivity index (χ0n) is 9.35. The molecule has 0 saturated carbocycles. The van der Waals surface area contributed by atoms with Crippen LogP contribution in [0.4, 0.5) is 5.82 Å². The van der Waals surface area contributed by atoms with Crippen LogP contribution in [0.5, 0.6) is 0 Å². The van der Waals surface area contributed by atoms with Gasteiger partial charge in [-0.1, -0.05) is 0 Å². The quantitative estimate of drug-likeness (QED) is 0.656. The number of nitrogen functional groups attached to an aromatic ring is 1. The molecule has 3 atom stereocenters. The molecule has 9 heteroatoms. The van der Waals surface area contributed by atoms with Crippen molar-refractivity contribution in [2.75, 3.05) is 5.73 Å². The van der Waals surface area contributed by atoms with E-state index in [-0.39, 0.29) is 20.5 Å². The Hall–Kier alpha value is -0.950. The number of hydrogen-bond donors (Lipinski definition) is 2. The Bertz CT molecular complexity index is 565. The third-order valence-corrected chi connectivity index (χ3v) is 3.52. The van der Waals surface area contributed by atoms with Gasteiger partial charge < -0.3 is 15.0 Å². The topological polar surface area (TPSA) is 88.1 Å². The molecular formula is C9H12N5O2PS. The molecule has 3 heterocycles. The van der Waals surface area contributed by atoms with E-state index in [1.54, 1.807) is 6.33 Å². The molecule has 3 rings (SSSR count). The maximum Gasteiger partial charge on any atom is 0.167 e. The smallest absolute Gasteiger partial charge is 0.167 e. The number of nitrogens with zero attached hydrogens (tertiary/aromatic N) is 4. The molecule has 0 aliphatic carbocycles. The Labute approximate surface area is 110 Å². The summed E-state index contributed by atoms with van der Waals surface area (Å²) >= 11 is 4.04. The predicted octanol–water partition coefficient (Wildman–Crippen LogP) is 1.50. The number of rotatable bonds is 3. The van der Waals surface area contributed by atoms with Crippen molar-refractivity contribution in [2.45, 2.75) is 25.4 Å². The number of imidazole rings is 1. The summed E-state index contributed by atoms with van der Waals surface area (Å²) < 4.78 is 13.0. The molecule has 0 amide bonds. The fourth-order valence-corrected chi connectivity index (χ4v) is 2.66. The van der Waals surface area contributed by atoms with Crippen LogP contribution in [0.3, 0.4) is 0 Å². The third kappa shape index (κ3) is 2.05. The number of anilines is 1. The zero-order valence-corrected chi connectivity index (χ0v) is 11.2. The minimum Gasteiger partial charge on any atom is -0.382 e. The monoisotopic (exact) mass is 285 g/mol. The van der Waals surface area contributed by atoms with Crippen molar-refractivity contribution in [1.82, 2.24) is 19.5 Å². The van der Waals surface area contributed by atoms with Crippen LogP contribution in [0.15, 0.2) is 12.7 Å². The zero-order chi connectivity index (χ0) is 12.5. The molecule has 2 aromatic rings. The van der Waals surface area contributed by atoms with Crippen molar-refractivity contribution in [1.29, 1.82) is 0 Å². The molecular weight excluding hydrogens is 273 g/mol. The van der Waals surface area contributed by atoms with Crippen LogP contribution in [0.25, 0.3) is 11.2 Å². The molecule has 18 heavy (non-hydrogen) atoms. The maximum absolute atomic E-state index is 5.75. The largest absolute Gasteiger partial charge is 0.382 e. The second-order valence-electron chi connectivity index (χ2n) is 3.89. The van der Waals surface area contributed by atoms with Crippen molar-refractivity contribution in [3.8, 4) is 0 Å². The molecule has 7 nitrogen and oxygen atoms in total. The number of thiol groups is 1. The van der Waals surface area contributed by atoms with Gasteiger partial charge in [-0.3, -0.25) is 4.57 Å². The van der Waals surface area contributed by atoms with Crippen LogP contribution in [-0.4, -0.2) is 25.8 Å². The second-order valence-corrected chi connectivity index (χ2v) is 4.86. The minimum absolute atomic E-state index is 0.125. The summed E-state index contributed by atoms with van der Waals surface area (Å²) in [5.74, 6) is 0.376. The van der Waals surface area contributed by atoms with E-state index in [1.165, 1.54) is 6.33 Å². The molecule has 0 aromatic carbocycles. The highest BCUT2D eigenvalue weighted by Gasteiger charge is 2.28. The lowest BCUT2D eigenvalue weighted by Crippen LogP contribution is -2.11. The lowest BCUT2D eigenvalue weighted by Gasteiger charge is -2.14. The van der Waals surface area contributed by atoms with E-state index in [2.05, 4.69) is 27.2 Å². The van der Waals surface area contributed by atoms with Gasteiger partial charge in [-0.05, 0) is 6.42 Å². The summed E-state index contributed by atoms with van der Waals surface area (Å²) in [4.78, 5) is 12.3. The minimum atomic E-state index is -0.206. The molecule has 0 bridgehead atoms.